The molecule has 5 heteroatoms. The van der Waals surface area contributed by atoms with E-state index in [0.717, 1.165) is 89.1 Å². The Labute approximate surface area is 423 Å². The van der Waals surface area contributed by atoms with Gasteiger partial charge in [-0.05, 0) is 133 Å². The van der Waals surface area contributed by atoms with Gasteiger partial charge in [0.1, 0.15) is 24.8 Å². The highest BCUT2D eigenvalue weighted by Gasteiger charge is 2.37. The molecule has 14 aromatic rings. The predicted molar refractivity (Wildman–Crippen MR) is 311 cm³/mol. The first-order valence-electron chi connectivity index (χ1n) is 25.2. The SMILES string of the molecule is C[Si]1(C)c2cc(N(c3ccccc3)c3cccc4c3oc3ccccc34)ccc2-c2cc3c4ccccc4c(N(c4ccc5oc6ccccc6c5c4)c4ccccc4-c4ccccc4)cc3c3cccc1c23. The summed E-state index contributed by atoms with van der Waals surface area (Å²) >= 11 is 0. The molecule has 0 amide bonds. The minimum atomic E-state index is -2.36. The second-order valence-electron chi connectivity index (χ2n) is 20.0. The minimum absolute atomic E-state index is 0.876. The highest BCUT2D eigenvalue weighted by atomic mass is 28.3. The molecule has 12 aromatic carbocycles. The van der Waals surface area contributed by atoms with Crippen LogP contribution in [0, 0.1) is 0 Å². The number of furan rings is 2. The molecular formula is C68H46N2O2Si. The summed E-state index contributed by atoms with van der Waals surface area (Å²) in [6.07, 6.45) is 0. The van der Waals surface area contributed by atoms with Crippen LogP contribution in [0.5, 0.6) is 0 Å². The number of hydrogen-bond acceptors (Lipinski definition) is 4. The monoisotopic (exact) mass is 950 g/mol. The van der Waals surface area contributed by atoms with Crippen molar-refractivity contribution in [3.63, 3.8) is 0 Å². The largest absolute Gasteiger partial charge is 0.456 e. The van der Waals surface area contributed by atoms with Crippen LogP contribution in [-0.2, 0) is 0 Å². The Morgan fingerprint density at radius 2 is 0.890 bits per heavy atom. The third-order valence-electron chi connectivity index (χ3n) is 15.6. The van der Waals surface area contributed by atoms with Crippen LogP contribution >= 0.6 is 0 Å². The number of rotatable bonds is 7. The molecule has 0 saturated heterocycles. The minimum Gasteiger partial charge on any atom is -0.456 e. The summed E-state index contributed by atoms with van der Waals surface area (Å²) in [5, 5.41) is 14.8. The first kappa shape index (κ1) is 41.6. The molecule has 73 heavy (non-hydrogen) atoms. The second kappa shape index (κ2) is 15.9. The number of benzene rings is 12. The van der Waals surface area contributed by atoms with E-state index in [-0.39, 0.29) is 0 Å². The van der Waals surface area contributed by atoms with Gasteiger partial charge in [-0.1, -0.05) is 177 Å². The Morgan fingerprint density at radius 3 is 1.71 bits per heavy atom. The maximum atomic E-state index is 6.71. The van der Waals surface area contributed by atoms with Crippen molar-refractivity contribution in [2.24, 2.45) is 0 Å². The quantitative estimate of drug-likeness (QED) is 0.118. The summed E-state index contributed by atoms with van der Waals surface area (Å²) in [4.78, 5) is 4.87. The lowest BCUT2D eigenvalue weighted by molar-refractivity contribution is 0.668. The van der Waals surface area contributed by atoms with Crippen LogP contribution in [0.25, 0.3) is 98.4 Å². The number of nitrogens with zero attached hydrogens (tertiary/aromatic N) is 2. The molecule has 0 atom stereocenters. The van der Waals surface area contributed by atoms with E-state index in [4.69, 9.17) is 8.83 Å². The molecule has 0 spiro atoms. The molecule has 0 N–H and O–H groups in total. The zero-order chi connectivity index (χ0) is 48.4. The second-order valence-corrected chi connectivity index (χ2v) is 24.3. The zero-order valence-corrected chi connectivity index (χ0v) is 41.3. The number of anilines is 6. The average Bonchev–Trinajstić information content (AvgIpc) is 4.03. The van der Waals surface area contributed by atoms with Gasteiger partial charge in [0, 0.05) is 49.6 Å². The first-order valence-corrected chi connectivity index (χ1v) is 28.2. The third kappa shape index (κ3) is 6.25. The number of hydrogen-bond donors (Lipinski definition) is 0. The number of fused-ring (bicyclic) bond motifs is 12. The van der Waals surface area contributed by atoms with E-state index in [1.54, 1.807) is 0 Å². The Morgan fingerprint density at radius 1 is 0.301 bits per heavy atom. The molecule has 0 saturated carbocycles. The summed E-state index contributed by atoms with van der Waals surface area (Å²) in [7, 11) is -2.36. The fourth-order valence-electron chi connectivity index (χ4n) is 12.2. The lowest BCUT2D eigenvalue weighted by atomic mass is 9.89. The van der Waals surface area contributed by atoms with E-state index in [1.165, 1.54) is 53.8 Å². The topological polar surface area (TPSA) is 32.8 Å². The summed E-state index contributed by atoms with van der Waals surface area (Å²) in [5.41, 5.74) is 15.0. The molecule has 0 radical (unpaired) electrons. The van der Waals surface area contributed by atoms with Crippen molar-refractivity contribution in [1.82, 2.24) is 0 Å². The van der Waals surface area contributed by atoms with E-state index in [2.05, 4.69) is 253 Å². The van der Waals surface area contributed by atoms with E-state index in [9.17, 15) is 0 Å². The normalized spacial score (nSPS) is 12.9. The highest BCUT2D eigenvalue weighted by molar-refractivity contribution is 7.03. The van der Waals surface area contributed by atoms with E-state index < -0.39 is 8.07 Å². The lowest BCUT2D eigenvalue weighted by Crippen LogP contribution is -2.56. The maximum absolute atomic E-state index is 6.71. The van der Waals surface area contributed by atoms with Gasteiger partial charge in [-0.2, -0.15) is 0 Å². The number of para-hydroxylation sites is 5. The van der Waals surface area contributed by atoms with Crippen LogP contribution in [0.4, 0.5) is 34.1 Å². The average molecular weight is 951 g/mol. The van der Waals surface area contributed by atoms with Crippen molar-refractivity contribution in [1.29, 1.82) is 0 Å². The van der Waals surface area contributed by atoms with Gasteiger partial charge in [-0.25, -0.2) is 0 Å². The highest BCUT2D eigenvalue weighted by Crippen LogP contribution is 2.50. The van der Waals surface area contributed by atoms with Crippen LogP contribution < -0.4 is 20.2 Å². The molecule has 1 aliphatic heterocycles. The summed E-state index contributed by atoms with van der Waals surface area (Å²) < 4.78 is 13.1. The fraction of sp³-hybridized carbons (Fsp3) is 0.0294. The van der Waals surface area contributed by atoms with Gasteiger partial charge in [0.2, 0.25) is 0 Å². The Hall–Kier alpha value is -9.16. The standard InChI is InChI=1S/C68H46N2O2Si/c1-73(2)65-34-18-28-53-56-42-61(70(59-30-14-11-23-47(59)43-19-5-3-6-20-43)45-36-38-64-57(39-45)51-27-13-15-32-62(51)71-64)49-25-10-9-24-48(49)55(56)41-58(67(53)65)52-37-35-46(40-66(52)73)69(44-21-7-4-8-22-44)60-31-17-29-54-50-26-12-16-33-63(50)72-68(54)60/h3-42H,1-2H3. The van der Waals surface area contributed by atoms with Crippen LogP contribution in [0.15, 0.2) is 251 Å². The van der Waals surface area contributed by atoms with E-state index >= 15 is 0 Å². The van der Waals surface area contributed by atoms with Crippen molar-refractivity contribution >= 4 is 129 Å². The molecule has 2 aromatic heterocycles. The summed E-state index contributed by atoms with van der Waals surface area (Å²) in [6, 6.07) is 88.5. The van der Waals surface area contributed by atoms with Crippen LogP contribution in [0.2, 0.25) is 13.1 Å². The van der Waals surface area contributed by atoms with Crippen LogP contribution in [0.3, 0.4) is 0 Å². The van der Waals surface area contributed by atoms with E-state index in [1.807, 2.05) is 12.1 Å². The molecule has 4 nitrogen and oxygen atoms in total. The van der Waals surface area contributed by atoms with Gasteiger partial charge in [0.25, 0.3) is 0 Å². The van der Waals surface area contributed by atoms with Gasteiger partial charge in [-0.15, -0.1) is 0 Å². The van der Waals surface area contributed by atoms with Crippen molar-refractivity contribution in [2.45, 2.75) is 13.1 Å². The molecule has 0 fully saturated rings. The molecule has 3 heterocycles. The molecule has 15 rings (SSSR count). The Balaban J connectivity index is 0.971. The predicted octanol–water partition coefficient (Wildman–Crippen LogP) is 18.4. The first-order chi connectivity index (χ1) is 36.0. The fourth-order valence-corrected chi connectivity index (χ4v) is 15.3. The molecule has 344 valence electrons. The van der Waals surface area contributed by atoms with Crippen LogP contribution in [0.1, 0.15) is 0 Å². The molecule has 0 aliphatic carbocycles. The molecule has 0 bridgehead atoms. The van der Waals surface area contributed by atoms with Gasteiger partial charge in [0.05, 0.1) is 17.1 Å². The van der Waals surface area contributed by atoms with E-state index in [0.29, 0.717) is 0 Å². The molecule has 0 unspecified atom stereocenters. The molecular weight excluding hydrogens is 905 g/mol. The molecule has 1 aliphatic rings. The lowest BCUT2D eigenvalue weighted by Gasteiger charge is -2.36. The summed E-state index contributed by atoms with van der Waals surface area (Å²) in [6.45, 7) is 5.07. The van der Waals surface area contributed by atoms with Gasteiger partial charge in [0.15, 0.2) is 5.58 Å². The van der Waals surface area contributed by atoms with Crippen molar-refractivity contribution in [3.05, 3.63) is 243 Å². The zero-order valence-electron chi connectivity index (χ0n) is 40.3. The van der Waals surface area contributed by atoms with Crippen LogP contribution in [-0.4, -0.2) is 8.07 Å². The van der Waals surface area contributed by atoms with Crippen molar-refractivity contribution in [3.8, 4) is 22.3 Å². The van der Waals surface area contributed by atoms with Crippen molar-refractivity contribution < 1.29 is 8.83 Å². The van der Waals surface area contributed by atoms with Gasteiger partial charge >= 0.3 is 0 Å². The summed E-state index contributed by atoms with van der Waals surface area (Å²) in [5.74, 6) is 0. The van der Waals surface area contributed by atoms with Gasteiger partial charge in [-0.3, -0.25) is 0 Å². The van der Waals surface area contributed by atoms with Gasteiger partial charge < -0.3 is 18.6 Å². The Kier molecular flexibility index (Phi) is 9.08. The van der Waals surface area contributed by atoms with Crippen molar-refractivity contribution in [2.75, 3.05) is 9.80 Å². The Bertz CT molecular complexity index is 4550. The maximum Gasteiger partial charge on any atom is 0.159 e. The third-order valence-corrected chi connectivity index (χ3v) is 19.1. The smallest absolute Gasteiger partial charge is 0.159 e.